The Morgan fingerprint density at radius 3 is 2.84 bits per heavy atom. The molecule has 1 fully saturated rings. The summed E-state index contributed by atoms with van der Waals surface area (Å²) in [4.78, 5) is 13.2. The number of ether oxygens (including phenoxy) is 1. The van der Waals surface area contributed by atoms with E-state index in [4.69, 9.17) is 9.26 Å². The number of hydrogen-bond donors (Lipinski definition) is 1. The van der Waals surface area contributed by atoms with E-state index in [9.17, 15) is 5.11 Å². The largest absolute Gasteiger partial charge is 0.390 e. The lowest BCUT2D eigenvalue weighted by molar-refractivity contribution is 0.0683. The highest BCUT2D eigenvalue weighted by Gasteiger charge is 2.21. The van der Waals surface area contributed by atoms with Crippen molar-refractivity contribution in [3.05, 3.63) is 35.7 Å². The maximum atomic E-state index is 9.22. The molecular weight excluding hydrogens is 322 g/mol. The van der Waals surface area contributed by atoms with E-state index in [1.165, 1.54) is 0 Å². The fraction of sp³-hybridized carbons (Fsp3) is 0.588. The quantitative estimate of drug-likeness (QED) is 0.804. The first-order chi connectivity index (χ1) is 12.2. The lowest BCUT2D eigenvalue weighted by atomic mass is 10.2. The van der Waals surface area contributed by atoms with Gasteiger partial charge in [-0.2, -0.15) is 4.98 Å². The second kappa shape index (κ2) is 8.37. The minimum Gasteiger partial charge on any atom is -0.390 e. The second-order valence-electron chi connectivity index (χ2n) is 6.07. The normalized spacial score (nSPS) is 17.0. The number of aliphatic hydroxyl groups is 1. The predicted molar refractivity (Wildman–Crippen MR) is 92.0 cm³/mol. The zero-order valence-electron chi connectivity index (χ0n) is 14.8. The van der Waals surface area contributed by atoms with Gasteiger partial charge in [-0.1, -0.05) is 5.16 Å². The number of aliphatic hydroxyl groups excluding tert-OH is 1. The van der Waals surface area contributed by atoms with Crippen LogP contribution in [0, 0.1) is 0 Å². The summed E-state index contributed by atoms with van der Waals surface area (Å²) >= 11 is 0. The van der Waals surface area contributed by atoms with Crippen molar-refractivity contribution in [1.82, 2.24) is 20.0 Å². The standard InChI is InChI=1S/C17H25N5O3/c1-3-24-13(2)17-19-16(25-20-17)11-21-6-8-22(9-7-21)15-4-5-18-14(10-15)12-23/h4-5,10,13,23H,3,6-9,11-12H2,1-2H3. The van der Waals surface area contributed by atoms with Gasteiger partial charge in [0.15, 0.2) is 5.82 Å². The Hall–Kier alpha value is -2.03. The zero-order chi connectivity index (χ0) is 17.6. The van der Waals surface area contributed by atoms with Crippen molar-refractivity contribution >= 4 is 5.69 Å². The van der Waals surface area contributed by atoms with Crippen molar-refractivity contribution in [3.8, 4) is 0 Å². The molecule has 1 unspecified atom stereocenters. The lowest BCUT2D eigenvalue weighted by Crippen LogP contribution is -2.46. The molecule has 0 spiro atoms. The molecule has 3 heterocycles. The van der Waals surface area contributed by atoms with E-state index >= 15 is 0 Å². The van der Waals surface area contributed by atoms with Gasteiger partial charge in [0.2, 0.25) is 5.89 Å². The number of anilines is 1. The molecule has 1 N–H and O–H groups in total. The van der Waals surface area contributed by atoms with Crippen LogP contribution in [0.15, 0.2) is 22.9 Å². The van der Waals surface area contributed by atoms with E-state index in [1.54, 1.807) is 6.20 Å². The molecule has 1 saturated heterocycles. The van der Waals surface area contributed by atoms with Gasteiger partial charge in [0.1, 0.15) is 6.10 Å². The highest BCUT2D eigenvalue weighted by Crippen LogP contribution is 2.18. The van der Waals surface area contributed by atoms with Gasteiger partial charge in [-0.3, -0.25) is 9.88 Å². The SMILES string of the molecule is CCOC(C)c1noc(CN2CCN(c3ccnc(CO)c3)CC2)n1. The van der Waals surface area contributed by atoms with E-state index in [0.29, 0.717) is 30.6 Å². The number of pyridine rings is 1. The molecule has 1 aliphatic rings. The first-order valence-corrected chi connectivity index (χ1v) is 8.66. The summed E-state index contributed by atoms with van der Waals surface area (Å²) in [5, 5.41) is 13.2. The molecule has 1 atom stereocenters. The van der Waals surface area contributed by atoms with Gasteiger partial charge in [-0.25, -0.2) is 0 Å². The molecule has 0 aromatic carbocycles. The van der Waals surface area contributed by atoms with Crippen LogP contribution in [0.1, 0.15) is 37.4 Å². The molecule has 0 bridgehead atoms. The van der Waals surface area contributed by atoms with Gasteiger partial charge in [0.05, 0.1) is 18.8 Å². The molecule has 0 saturated carbocycles. The molecule has 2 aromatic heterocycles. The number of hydrogen-bond acceptors (Lipinski definition) is 8. The Kier molecular flexibility index (Phi) is 5.95. The molecule has 0 aliphatic carbocycles. The first-order valence-electron chi connectivity index (χ1n) is 8.66. The third kappa shape index (κ3) is 4.53. The summed E-state index contributed by atoms with van der Waals surface area (Å²) < 4.78 is 10.8. The van der Waals surface area contributed by atoms with Crippen LogP contribution in [-0.4, -0.2) is 57.9 Å². The molecule has 1 aliphatic heterocycles. The molecule has 25 heavy (non-hydrogen) atoms. The van der Waals surface area contributed by atoms with E-state index in [2.05, 4.69) is 24.9 Å². The minimum atomic E-state index is -0.147. The summed E-state index contributed by atoms with van der Waals surface area (Å²) in [6.45, 7) is 8.75. The van der Waals surface area contributed by atoms with Crippen molar-refractivity contribution in [3.63, 3.8) is 0 Å². The predicted octanol–water partition coefficient (Wildman–Crippen LogP) is 1.38. The van der Waals surface area contributed by atoms with E-state index in [0.717, 1.165) is 31.9 Å². The fourth-order valence-electron chi connectivity index (χ4n) is 2.93. The van der Waals surface area contributed by atoms with Crippen LogP contribution in [-0.2, 0) is 17.9 Å². The van der Waals surface area contributed by atoms with Crippen molar-refractivity contribution < 1.29 is 14.4 Å². The van der Waals surface area contributed by atoms with Gasteiger partial charge >= 0.3 is 0 Å². The number of piperazine rings is 1. The number of rotatable bonds is 7. The Bertz CT molecular complexity index is 670. The van der Waals surface area contributed by atoms with Crippen LogP contribution < -0.4 is 4.90 Å². The fourth-order valence-corrected chi connectivity index (χ4v) is 2.93. The monoisotopic (exact) mass is 347 g/mol. The van der Waals surface area contributed by atoms with Gasteiger partial charge < -0.3 is 19.3 Å². The summed E-state index contributed by atoms with van der Waals surface area (Å²) in [6.07, 6.45) is 1.60. The van der Waals surface area contributed by atoms with Crippen molar-refractivity contribution in [2.24, 2.45) is 0 Å². The summed E-state index contributed by atoms with van der Waals surface area (Å²) in [5.74, 6) is 1.23. The molecule has 8 nitrogen and oxygen atoms in total. The van der Waals surface area contributed by atoms with Crippen LogP contribution in [0.5, 0.6) is 0 Å². The maximum absolute atomic E-state index is 9.22. The topological polar surface area (TPSA) is 87.8 Å². The lowest BCUT2D eigenvalue weighted by Gasteiger charge is -2.35. The van der Waals surface area contributed by atoms with E-state index in [-0.39, 0.29) is 12.7 Å². The third-order valence-corrected chi connectivity index (χ3v) is 4.32. The van der Waals surface area contributed by atoms with Crippen LogP contribution >= 0.6 is 0 Å². The van der Waals surface area contributed by atoms with Crippen LogP contribution in [0.3, 0.4) is 0 Å². The van der Waals surface area contributed by atoms with E-state index in [1.807, 2.05) is 26.0 Å². The van der Waals surface area contributed by atoms with Crippen molar-refractivity contribution in [1.29, 1.82) is 0 Å². The van der Waals surface area contributed by atoms with Gasteiger partial charge in [0, 0.05) is 44.7 Å². The highest BCUT2D eigenvalue weighted by molar-refractivity contribution is 5.46. The molecule has 136 valence electrons. The highest BCUT2D eigenvalue weighted by atomic mass is 16.5. The molecule has 2 aromatic rings. The van der Waals surface area contributed by atoms with Crippen LogP contribution in [0.4, 0.5) is 5.69 Å². The average molecular weight is 347 g/mol. The van der Waals surface area contributed by atoms with Gasteiger partial charge in [-0.05, 0) is 26.0 Å². The molecule has 0 amide bonds. The van der Waals surface area contributed by atoms with E-state index < -0.39 is 0 Å². The molecule has 3 rings (SSSR count). The summed E-state index contributed by atoms with van der Waals surface area (Å²) in [5.41, 5.74) is 1.80. The van der Waals surface area contributed by atoms with Crippen molar-refractivity contribution in [2.45, 2.75) is 33.1 Å². The smallest absolute Gasteiger partial charge is 0.240 e. The Morgan fingerprint density at radius 2 is 2.12 bits per heavy atom. The second-order valence-corrected chi connectivity index (χ2v) is 6.07. The van der Waals surface area contributed by atoms with Gasteiger partial charge in [0.25, 0.3) is 0 Å². The Balaban J connectivity index is 1.52. The number of aromatic nitrogens is 3. The zero-order valence-corrected chi connectivity index (χ0v) is 14.8. The average Bonchev–Trinajstić information content (AvgIpc) is 3.11. The minimum absolute atomic E-state index is 0.0343. The van der Waals surface area contributed by atoms with Crippen LogP contribution in [0.2, 0.25) is 0 Å². The molecule has 8 heteroatoms. The molecular formula is C17H25N5O3. The first kappa shape index (κ1) is 17.8. The third-order valence-electron chi connectivity index (χ3n) is 4.32. The maximum Gasteiger partial charge on any atom is 0.240 e. The Morgan fingerprint density at radius 1 is 1.32 bits per heavy atom. The summed E-state index contributed by atoms with van der Waals surface area (Å²) in [6, 6.07) is 3.92. The Labute approximate surface area is 147 Å². The summed E-state index contributed by atoms with van der Waals surface area (Å²) in [7, 11) is 0. The number of nitrogens with zero attached hydrogens (tertiary/aromatic N) is 5. The van der Waals surface area contributed by atoms with Crippen molar-refractivity contribution in [2.75, 3.05) is 37.7 Å². The van der Waals surface area contributed by atoms with Gasteiger partial charge in [-0.15, -0.1) is 0 Å². The molecule has 0 radical (unpaired) electrons. The van der Waals surface area contributed by atoms with Crippen LogP contribution in [0.25, 0.3) is 0 Å².